The molecule has 1 fully saturated rings. The topological polar surface area (TPSA) is 43.4 Å². The van der Waals surface area contributed by atoms with Gasteiger partial charge in [0.1, 0.15) is 6.10 Å². The molecule has 0 radical (unpaired) electrons. The van der Waals surface area contributed by atoms with Gasteiger partial charge in [-0.1, -0.05) is 70.5 Å². The summed E-state index contributed by atoms with van der Waals surface area (Å²) in [5.41, 5.74) is 0.437. The summed E-state index contributed by atoms with van der Waals surface area (Å²) in [5, 5.41) is 0. The van der Waals surface area contributed by atoms with Crippen LogP contribution in [-0.2, 0) is 9.53 Å². The van der Waals surface area contributed by atoms with Crippen molar-refractivity contribution in [1.29, 1.82) is 0 Å². The summed E-state index contributed by atoms with van der Waals surface area (Å²) in [4.78, 5) is 25.1. The van der Waals surface area contributed by atoms with Crippen LogP contribution in [0.2, 0.25) is 0 Å². The lowest BCUT2D eigenvalue weighted by Crippen LogP contribution is -2.59. The summed E-state index contributed by atoms with van der Waals surface area (Å²) in [7, 11) is 0. The van der Waals surface area contributed by atoms with Crippen LogP contribution in [0.25, 0.3) is 6.08 Å². The predicted molar refractivity (Wildman–Crippen MR) is 96.6 cm³/mol. The molecule has 2 atom stereocenters. The first kappa shape index (κ1) is 16.7. The molecule has 0 aliphatic carbocycles. The van der Waals surface area contributed by atoms with Gasteiger partial charge >= 0.3 is 5.97 Å². The summed E-state index contributed by atoms with van der Waals surface area (Å²) in [6.45, 7) is 1.77. The Hall–Kier alpha value is -2.20. The summed E-state index contributed by atoms with van der Waals surface area (Å²) in [6.07, 6.45) is 3.70. The average molecular weight is 385 g/mol. The van der Waals surface area contributed by atoms with Gasteiger partial charge in [-0.15, -0.1) is 0 Å². The number of esters is 1. The van der Waals surface area contributed by atoms with Gasteiger partial charge < -0.3 is 4.74 Å². The number of carbonyl (C=O) groups is 2. The molecule has 1 saturated heterocycles. The number of benzene rings is 2. The fourth-order valence-corrected chi connectivity index (χ4v) is 3.16. The molecule has 2 aromatic rings. The molecule has 0 unspecified atom stereocenters. The number of rotatable bonds is 5. The van der Waals surface area contributed by atoms with E-state index in [1.807, 2.05) is 42.5 Å². The molecule has 0 saturated carbocycles. The van der Waals surface area contributed by atoms with Crippen LogP contribution in [0.1, 0.15) is 29.3 Å². The maximum atomic E-state index is 12.9. The van der Waals surface area contributed by atoms with Gasteiger partial charge in [0.15, 0.2) is 11.2 Å². The van der Waals surface area contributed by atoms with E-state index < -0.39 is 17.5 Å². The summed E-state index contributed by atoms with van der Waals surface area (Å²) in [5.74, 6) is -0.614. The molecule has 3 nitrogen and oxygen atoms in total. The molecule has 0 amide bonds. The minimum Gasteiger partial charge on any atom is -0.460 e. The fourth-order valence-electron chi connectivity index (χ4n) is 2.90. The van der Waals surface area contributed by atoms with Gasteiger partial charge in [-0.25, -0.2) is 0 Å². The summed E-state index contributed by atoms with van der Waals surface area (Å²) in [6, 6.07) is 16.8. The molecular formula is C20H17BrO3. The van der Waals surface area contributed by atoms with E-state index in [9.17, 15) is 9.59 Å². The Morgan fingerprint density at radius 2 is 1.83 bits per heavy atom. The Balaban J connectivity index is 1.84. The van der Waals surface area contributed by atoms with Crippen molar-refractivity contribution >= 4 is 33.8 Å². The van der Waals surface area contributed by atoms with Crippen LogP contribution in [0.15, 0.2) is 65.1 Å². The largest absolute Gasteiger partial charge is 0.460 e. The molecule has 0 bridgehead atoms. The van der Waals surface area contributed by atoms with Gasteiger partial charge in [0, 0.05) is 10.0 Å². The summed E-state index contributed by atoms with van der Waals surface area (Å²) < 4.78 is 6.12. The Morgan fingerprint density at radius 1 is 1.17 bits per heavy atom. The van der Waals surface area contributed by atoms with E-state index in [-0.39, 0.29) is 5.78 Å². The van der Waals surface area contributed by atoms with E-state index in [1.54, 1.807) is 31.2 Å². The third kappa shape index (κ3) is 2.94. The van der Waals surface area contributed by atoms with Gasteiger partial charge in [0.05, 0.1) is 0 Å². The highest BCUT2D eigenvalue weighted by Crippen LogP contribution is 2.43. The van der Waals surface area contributed by atoms with Crippen molar-refractivity contribution < 1.29 is 14.3 Å². The number of ether oxygens (including phenoxy) is 1. The minimum absolute atomic E-state index is 0.174. The maximum absolute atomic E-state index is 12.9. The van der Waals surface area contributed by atoms with E-state index in [1.165, 1.54) is 0 Å². The van der Waals surface area contributed by atoms with Gasteiger partial charge in [-0.3, -0.25) is 9.59 Å². The number of Topliss-reactive ketones (excluding diaryl/α,β-unsaturated/α-hetero) is 1. The van der Waals surface area contributed by atoms with E-state index in [0.29, 0.717) is 12.0 Å². The third-order valence-corrected chi connectivity index (χ3v) is 4.93. The smallest absolute Gasteiger partial charge is 0.324 e. The second-order valence-electron chi connectivity index (χ2n) is 5.87. The molecule has 1 heterocycles. The quantitative estimate of drug-likeness (QED) is 0.427. The highest BCUT2D eigenvalue weighted by Gasteiger charge is 2.60. The van der Waals surface area contributed by atoms with Crippen LogP contribution in [0.4, 0.5) is 0 Å². The monoisotopic (exact) mass is 384 g/mol. The molecule has 0 aromatic heterocycles. The molecule has 0 N–H and O–H groups in total. The molecule has 2 aromatic carbocycles. The lowest BCUT2D eigenvalue weighted by atomic mass is 9.69. The van der Waals surface area contributed by atoms with Crippen molar-refractivity contribution in [1.82, 2.24) is 0 Å². The zero-order valence-electron chi connectivity index (χ0n) is 13.2. The molecular weight excluding hydrogens is 368 g/mol. The van der Waals surface area contributed by atoms with E-state index in [0.717, 1.165) is 10.0 Å². The first-order valence-electron chi connectivity index (χ1n) is 7.77. The lowest BCUT2D eigenvalue weighted by molar-refractivity contribution is -0.193. The second kappa shape index (κ2) is 6.73. The van der Waals surface area contributed by atoms with E-state index in [2.05, 4.69) is 15.9 Å². The van der Waals surface area contributed by atoms with Gasteiger partial charge in [-0.05, 0) is 31.0 Å². The number of ketones is 1. The Morgan fingerprint density at radius 3 is 2.42 bits per heavy atom. The lowest BCUT2D eigenvalue weighted by Gasteiger charge is -2.43. The van der Waals surface area contributed by atoms with Gasteiger partial charge in [-0.2, -0.15) is 0 Å². The van der Waals surface area contributed by atoms with Crippen LogP contribution in [0.3, 0.4) is 0 Å². The fraction of sp³-hybridized carbons (Fsp3) is 0.200. The molecule has 1 aliphatic heterocycles. The van der Waals surface area contributed by atoms with Crippen LogP contribution < -0.4 is 0 Å². The number of allylic oxidation sites excluding steroid dienone is 1. The zero-order valence-corrected chi connectivity index (χ0v) is 14.8. The highest BCUT2D eigenvalue weighted by molar-refractivity contribution is 9.10. The first-order chi connectivity index (χ1) is 11.5. The first-order valence-corrected chi connectivity index (χ1v) is 8.56. The van der Waals surface area contributed by atoms with Crippen LogP contribution in [0, 0.1) is 5.41 Å². The van der Waals surface area contributed by atoms with Gasteiger partial charge in [0.2, 0.25) is 0 Å². The Labute approximate surface area is 149 Å². The summed E-state index contributed by atoms with van der Waals surface area (Å²) >= 11 is 3.40. The third-order valence-electron chi connectivity index (χ3n) is 4.40. The highest BCUT2D eigenvalue weighted by atomic mass is 79.9. The maximum Gasteiger partial charge on any atom is 0.324 e. The van der Waals surface area contributed by atoms with Crippen molar-refractivity contribution in [2.24, 2.45) is 5.41 Å². The molecule has 24 heavy (non-hydrogen) atoms. The van der Waals surface area contributed by atoms with Crippen molar-refractivity contribution in [3.8, 4) is 0 Å². The number of hydrogen-bond donors (Lipinski definition) is 0. The molecule has 4 heteroatoms. The zero-order chi connectivity index (χ0) is 17.2. The van der Waals surface area contributed by atoms with Crippen LogP contribution >= 0.6 is 15.9 Å². The molecule has 122 valence electrons. The van der Waals surface area contributed by atoms with Crippen LogP contribution in [0.5, 0.6) is 0 Å². The number of carbonyl (C=O) groups excluding carboxylic acids is 2. The molecule has 1 aliphatic rings. The Kier molecular flexibility index (Phi) is 4.67. The minimum atomic E-state index is -1.12. The van der Waals surface area contributed by atoms with Gasteiger partial charge in [0.25, 0.3) is 0 Å². The number of cyclic esters (lactones) is 1. The number of hydrogen-bond acceptors (Lipinski definition) is 3. The normalized spacial score (nSPS) is 22.9. The van der Waals surface area contributed by atoms with Crippen molar-refractivity contribution in [3.63, 3.8) is 0 Å². The van der Waals surface area contributed by atoms with E-state index in [4.69, 9.17) is 4.74 Å². The van der Waals surface area contributed by atoms with Crippen molar-refractivity contribution in [2.45, 2.75) is 19.4 Å². The Bertz CT molecular complexity index is 780. The standard InChI is InChI=1S/C20H17BrO3/c1-14-20(19(23)24-14,18(22)16-7-3-2-4-8-16)13-5-6-15-9-11-17(21)12-10-15/h2-12,14H,13H2,1H3/b6-5+/t14-,20-/m0/s1. The predicted octanol–water partition coefficient (Wildman–Crippen LogP) is 4.67. The molecule has 3 rings (SSSR count). The number of halogens is 1. The SMILES string of the molecule is C[C@@H]1OC(=O)[C@]1(C/C=C/c1ccc(Br)cc1)C(=O)c1ccccc1. The average Bonchev–Trinajstić information content (AvgIpc) is 2.60. The second-order valence-corrected chi connectivity index (χ2v) is 6.79. The van der Waals surface area contributed by atoms with Crippen molar-refractivity contribution in [3.05, 3.63) is 76.3 Å². The molecule has 0 spiro atoms. The van der Waals surface area contributed by atoms with Crippen molar-refractivity contribution in [2.75, 3.05) is 0 Å². The van der Waals surface area contributed by atoms with E-state index >= 15 is 0 Å². The van der Waals surface area contributed by atoms with Crippen LogP contribution in [-0.4, -0.2) is 17.9 Å².